The van der Waals surface area contributed by atoms with E-state index in [1.54, 1.807) is 24.3 Å². The Bertz CT molecular complexity index is 1030. The average Bonchev–Trinajstić information content (AvgIpc) is 2.92. The van der Waals surface area contributed by atoms with Crippen molar-refractivity contribution in [3.05, 3.63) is 36.9 Å². The van der Waals surface area contributed by atoms with E-state index >= 15 is 0 Å². The molecule has 3 rings (SSSR count). The number of esters is 3. The SMILES string of the molecule is C=CCO[C@H]1[C@@H](OC(C)=O)[C@@H](COC(C)=O)O[C@@H](O[C@@H]2CO[C@@H](Oc3ccc(OC)cc3)[C@H](O)[C@H]2O)[C@@H]1OC(C)=O. The Kier molecular flexibility index (Phi) is 11.9. The number of hydrogen-bond acceptors (Lipinski definition) is 14. The molecule has 0 spiro atoms. The van der Waals surface area contributed by atoms with Gasteiger partial charge in [0.25, 0.3) is 0 Å². The monoisotopic (exact) mass is 584 g/mol. The van der Waals surface area contributed by atoms with Crippen LogP contribution < -0.4 is 9.47 Å². The summed E-state index contributed by atoms with van der Waals surface area (Å²) in [6.45, 7) is 6.45. The van der Waals surface area contributed by atoms with E-state index in [9.17, 15) is 24.6 Å². The van der Waals surface area contributed by atoms with Gasteiger partial charge in [-0.3, -0.25) is 14.4 Å². The van der Waals surface area contributed by atoms with Gasteiger partial charge in [0.05, 0.1) is 20.3 Å². The van der Waals surface area contributed by atoms with E-state index in [0.717, 1.165) is 6.92 Å². The van der Waals surface area contributed by atoms with Gasteiger partial charge >= 0.3 is 17.9 Å². The molecule has 0 amide bonds. The van der Waals surface area contributed by atoms with Gasteiger partial charge < -0.3 is 52.8 Å². The van der Waals surface area contributed by atoms with Gasteiger partial charge in [0, 0.05) is 20.8 Å². The Hall–Kier alpha value is -3.27. The van der Waals surface area contributed by atoms with Crippen molar-refractivity contribution < 1.29 is 67.2 Å². The first-order chi connectivity index (χ1) is 19.5. The molecule has 2 aliphatic heterocycles. The molecule has 2 fully saturated rings. The second-order valence-corrected chi connectivity index (χ2v) is 9.23. The van der Waals surface area contributed by atoms with Gasteiger partial charge in [0.1, 0.15) is 48.6 Å². The first-order valence-electron chi connectivity index (χ1n) is 12.8. The lowest BCUT2D eigenvalue weighted by Crippen LogP contribution is -2.64. The van der Waals surface area contributed by atoms with Crippen LogP contribution in [0.5, 0.6) is 11.5 Å². The highest BCUT2D eigenvalue weighted by Crippen LogP contribution is 2.32. The number of carbonyl (C=O) groups excluding carboxylic acids is 3. The van der Waals surface area contributed by atoms with Gasteiger partial charge in [-0.2, -0.15) is 0 Å². The minimum absolute atomic E-state index is 0.0363. The molecule has 0 bridgehead atoms. The number of methoxy groups -OCH3 is 1. The van der Waals surface area contributed by atoms with E-state index in [0.29, 0.717) is 11.5 Å². The molecule has 0 radical (unpaired) electrons. The van der Waals surface area contributed by atoms with E-state index in [4.69, 9.17) is 42.6 Å². The van der Waals surface area contributed by atoms with Crippen LogP contribution in [0.15, 0.2) is 36.9 Å². The van der Waals surface area contributed by atoms with Crippen molar-refractivity contribution in [2.75, 3.05) is 26.9 Å². The third kappa shape index (κ3) is 8.86. The van der Waals surface area contributed by atoms with Gasteiger partial charge in [0.2, 0.25) is 6.29 Å². The van der Waals surface area contributed by atoms with Crippen LogP contribution in [0.3, 0.4) is 0 Å². The first-order valence-corrected chi connectivity index (χ1v) is 12.8. The number of aliphatic hydroxyl groups excluding tert-OH is 2. The predicted molar refractivity (Wildman–Crippen MR) is 137 cm³/mol. The summed E-state index contributed by atoms with van der Waals surface area (Å²) in [5.41, 5.74) is 0. The van der Waals surface area contributed by atoms with Crippen LogP contribution in [-0.2, 0) is 47.5 Å². The fourth-order valence-corrected chi connectivity index (χ4v) is 4.29. The first kappa shape index (κ1) is 32.2. The van der Waals surface area contributed by atoms with Crippen LogP contribution in [0.25, 0.3) is 0 Å². The fourth-order valence-electron chi connectivity index (χ4n) is 4.29. The summed E-state index contributed by atoms with van der Waals surface area (Å²) in [6.07, 6.45) is -10.3. The average molecular weight is 585 g/mol. The number of ether oxygens (including phenoxy) is 9. The second-order valence-electron chi connectivity index (χ2n) is 9.23. The molecule has 14 nitrogen and oxygen atoms in total. The van der Waals surface area contributed by atoms with Crippen molar-refractivity contribution in [1.29, 1.82) is 0 Å². The van der Waals surface area contributed by atoms with E-state index in [2.05, 4.69) is 6.58 Å². The highest BCUT2D eigenvalue weighted by atomic mass is 16.8. The van der Waals surface area contributed by atoms with Crippen LogP contribution in [-0.4, -0.2) is 110 Å². The Morgan fingerprint density at radius 3 is 2.15 bits per heavy atom. The third-order valence-corrected chi connectivity index (χ3v) is 6.11. The molecule has 228 valence electrons. The molecule has 2 N–H and O–H groups in total. The highest BCUT2D eigenvalue weighted by Gasteiger charge is 2.53. The molecule has 0 aliphatic carbocycles. The Balaban J connectivity index is 1.81. The summed E-state index contributed by atoms with van der Waals surface area (Å²) < 4.78 is 50.1. The summed E-state index contributed by atoms with van der Waals surface area (Å²) in [5.74, 6) is -1.09. The topological polar surface area (TPSA) is 175 Å². The zero-order valence-corrected chi connectivity index (χ0v) is 23.2. The lowest BCUT2D eigenvalue weighted by atomic mass is 9.97. The summed E-state index contributed by atoms with van der Waals surface area (Å²) in [7, 11) is 1.52. The third-order valence-electron chi connectivity index (χ3n) is 6.11. The number of hydrogen-bond donors (Lipinski definition) is 2. The minimum atomic E-state index is -1.55. The quantitative estimate of drug-likeness (QED) is 0.194. The molecular weight excluding hydrogens is 548 g/mol. The molecule has 9 atom stereocenters. The van der Waals surface area contributed by atoms with Gasteiger partial charge in [-0.15, -0.1) is 6.58 Å². The van der Waals surface area contributed by atoms with Crippen LogP contribution in [0.1, 0.15) is 20.8 Å². The smallest absolute Gasteiger partial charge is 0.303 e. The van der Waals surface area contributed by atoms with Crippen molar-refractivity contribution in [2.45, 2.75) is 76.1 Å². The molecule has 2 heterocycles. The maximum atomic E-state index is 12.0. The summed E-state index contributed by atoms with van der Waals surface area (Å²) in [4.78, 5) is 35.5. The standard InChI is InChI=1S/C27H36O14/c1-6-11-34-24-23(37-15(3)29)20(13-35-14(2)28)41-27(25(24)38-16(4)30)40-19-12-36-26(22(32)21(19)31)39-18-9-7-17(33-5)8-10-18/h6-10,19-27,31-32H,1,11-13H2,2-5H3/t19-,20-,21+,22-,23+,24+,25-,26+,27-/m1/s1. The van der Waals surface area contributed by atoms with Gasteiger partial charge in [-0.1, -0.05) is 6.08 Å². The van der Waals surface area contributed by atoms with Gasteiger partial charge in [-0.05, 0) is 24.3 Å². The molecule has 1 aromatic rings. The van der Waals surface area contributed by atoms with Crippen LogP contribution in [0.2, 0.25) is 0 Å². The molecular formula is C27H36O14. The van der Waals surface area contributed by atoms with Crippen molar-refractivity contribution in [3.8, 4) is 11.5 Å². The molecule has 2 aliphatic rings. The van der Waals surface area contributed by atoms with Crippen molar-refractivity contribution in [1.82, 2.24) is 0 Å². The number of benzene rings is 1. The zero-order valence-electron chi connectivity index (χ0n) is 23.2. The van der Waals surface area contributed by atoms with E-state index < -0.39 is 73.2 Å². The lowest BCUT2D eigenvalue weighted by Gasteiger charge is -2.46. The summed E-state index contributed by atoms with van der Waals surface area (Å²) in [5, 5.41) is 21.6. The van der Waals surface area contributed by atoms with Crippen molar-refractivity contribution in [3.63, 3.8) is 0 Å². The van der Waals surface area contributed by atoms with E-state index in [1.165, 1.54) is 27.0 Å². The predicted octanol–water partition coefficient (Wildman–Crippen LogP) is 0.260. The fraction of sp³-hybridized carbons (Fsp3) is 0.593. The van der Waals surface area contributed by atoms with E-state index in [1.807, 2.05) is 0 Å². The maximum Gasteiger partial charge on any atom is 0.303 e. The molecule has 1 aromatic carbocycles. The largest absolute Gasteiger partial charge is 0.497 e. The number of carbonyl (C=O) groups is 3. The number of aliphatic hydroxyl groups is 2. The normalized spacial score (nSPS) is 31.4. The van der Waals surface area contributed by atoms with Crippen molar-refractivity contribution >= 4 is 17.9 Å². The van der Waals surface area contributed by atoms with Crippen LogP contribution in [0, 0.1) is 0 Å². The van der Waals surface area contributed by atoms with Crippen LogP contribution in [0.4, 0.5) is 0 Å². The molecule has 14 heteroatoms. The van der Waals surface area contributed by atoms with E-state index in [-0.39, 0.29) is 19.8 Å². The Morgan fingerprint density at radius 2 is 1.56 bits per heavy atom. The molecule has 0 saturated carbocycles. The molecule has 0 unspecified atom stereocenters. The number of rotatable bonds is 12. The van der Waals surface area contributed by atoms with Crippen molar-refractivity contribution in [2.24, 2.45) is 0 Å². The highest BCUT2D eigenvalue weighted by molar-refractivity contribution is 5.67. The lowest BCUT2D eigenvalue weighted by molar-refractivity contribution is -0.343. The van der Waals surface area contributed by atoms with Crippen LogP contribution >= 0.6 is 0 Å². The Labute approximate surface area is 236 Å². The molecule has 2 saturated heterocycles. The zero-order chi connectivity index (χ0) is 30.1. The molecule has 0 aromatic heterocycles. The second kappa shape index (κ2) is 15.1. The minimum Gasteiger partial charge on any atom is -0.497 e. The maximum absolute atomic E-state index is 12.0. The Morgan fingerprint density at radius 1 is 0.927 bits per heavy atom. The summed E-state index contributed by atoms with van der Waals surface area (Å²) >= 11 is 0. The van der Waals surface area contributed by atoms with Gasteiger partial charge in [0.15, 0.2) is 18.5 Å². The van der Waals surface area contributed by atoms with Gasteiger partial charge in [-0.25, -0.2) is 0 Å². The molecule has 41 heavy (non-hydrogen) atoms. The summed E-state index contributed by atoms with van der Waals surface area (Å²) in [6, 6.07) is 6.52.